The number of benzene rings is 1. The maximum atomic E-state index is 13.4. The molecular weight excluding hydrogens is 379 g/mol. The molecule has 0 saturated heterocycles. The smallest absolute Gasteiger partial charge is 0.416 e. The maximum Gasteiger partial charge on any atom is 0.416 e. The summed E-state index contributed by atoms with van der Waals surface area (Å²) in [5.41, 5.74) is 4.82. The summed E-state index contributed by atoms with van der Waals surface area (Å²) < 4.78 is 45.8. The molecule has 0 saturated carbocycles. The first-order valence-corrected chi connectivity index (χ1v) is 9.84. The highest BCUT2D eigenvalue weighted by Gasteiger charge is 2.40. The summed E-state index contributed by atoms with van der Waals surface area (Å²) in [5.74, 6) is 0.786. The van der Waals surface area contributed by atoms with Crippen LogP contribution in [0.1, 0.15) is 40.6 Å². The third-order valence-corrected chi connectivity index (χ3v) is 5.45. The number of alkyl halides is 3. The van der Waals surface area contributed by atoms with Crippen LogP contribution < -0.4 is 15.4 Å². The van der Waals surface area contributed by atoms with E-state index in [-0.39, 0.29) is 12.0 Å². The minimum atomic E-state index is -4.38. The number of hydrogen-bond donors (Lipinski definition) is 2. The number of nitrogens with one attached hydrogen (secondary N) is 2. The Kier molecular flexibility index (Phi) is 5.25. The van der Waals surface area contributed by atoms with E-state index in [1.807, 2.05) is 6.92 Å². The Morgan fingerprint density at radius 1 is 1.21 bits per heavy atom. The monoisotopic (exact) mass is 403 g/mol. The second kappa shape index (κ2) is 7.71. The third-order valence-electron chi connectivity index (χ3n) is 5.45. The number of fused-ring (bicyclic) bond motifs is 2. The summed E-state index contributed by atoms with van der Waals surface area (Å²) in [6.07, 6.45) is -1.49. The molecule has 1 aromatic heterocycles. The highest BCUT2D eigenvalue weighted by molar-refractivity contribution is 5.84. The molecule has 0 unspecified atom stereocenters. The number of nitrogens with zero attached hydrogens (tertiary/aromatic N) is 1. The number of hydrogen-bond acceptors (Lipinski definition) is 4. The maximum absolute atomic E-state index is 13.4. The molecule has 4 nitrogen and oxygen atoms in total. The molecule has 4 rings (SSSR count). The summed E-state index contributed by atoms with van der Waals surface area (Å²) in [4.78, 5) is 4.58. The second-order valence-electron chi connectivity index (χ2n) is 7.37. The average Bonchev–Trinajstić information content (AvgIpc) is 3.12. The largest absolute Gasteiger partial charge is 0.496 e. The lowest BCUT2D eigenvalue weighted by Crippen LogP contribution is -2.23. The van der Waals surface area contributed by atoms with Gasteiger partial charge in [-0.05, 0) is 43.1 Å². The van der Waals surface area contributed by atoms with Gasteiger partial charge < -0.3 is 15.4 Å². The zero-order valence-corrected chi connectivity index (χ0v) is 16.5. The van der Waals surface area contributed by atoms with E-state index in [0.29, 0.717) is 24.3 Å². The first-order valence-electron chi connectivity index (χ1n) is 9.84. The van der Waals surface area contributed by atoms with Crippen molar-refractivity contribution < 1.29 is 17.9 Å². The van der Waals surface area contributed by atoms with Crippen molar-refractivity contribution in [3.05, 3.63) is 57.9 Å². The fourth-order valence-corrected chi connectivity index (χ4v) is 4.17. The van der Waals surface area contributed by atoms with Gasteiger partial charge in [0, 0.05) is 48.4 Å². The fourth-order valence-electron chi connectivity index (χ4n) is 4.17. The third kappa shape index (κ3) is 3.83. The minimum absolute atomic E-state index is 0.187. The van der Waals surface area contributed by atoms with Crippen LogP contribution in [0.15, 0.2) is 24.3 Å². The summed E-state index contributed by atoms with van der Waals surface area (Å²) in [7, 11) is 1.64. The molecule has 0 spiro atoms. The number of aromatic nitrogens is 1. The molecule has 2 aromatic rings. The summed E-state index contributed by atoms with van der Waals surface area (Å²) in [6, 6.07) is 5.95. The molecule has 2 aliphatic rings. The molecule has 1 aromatic carbocycles. The van der Waals surface area contributed by atoms with Crippen molar-refractivity contribution in [3.8, 4) is 5.75 Å². The van der Waals surface area contributed by atoms with Crippen molar-refractivity contribution in [2.45, 2.75) is 38.9 Å². The van der Waals surface area contributed by atoms with Gasteiger partial charge in [0.2, 0.25) is 0 Å². The van der Waals surface area contributed by atoms with Crippen LogP contribution in [0.3, 0.4) is 0 Å². The van der Waals surface area contributed by atoms with Crippen LogP contribution >= 0.6 is 0 Å². The average molecular weight is 403 g/mol. The van der Waals surface area contributed by atoms with Gasteiger partial charge in [-0.2, -0.15) is 13.2 Å². The van der Waals surface area contributed by atoms with Crippen molar-refractivity contribution in [1.82, 2.24) is 10.3 Å². The Morgan fingerprint density at radius 3 is 2.76 bits per heavy atom. The van der Waals surface area contributed by atoms with E-state index in [1.165, 1.54) is 17.2 Å². The molecule has 7 heteroatoms. The van der Waals surface area contributed by atoms with Gasteiger partial charge in [0.1, 0.15) is 5.75 Å². The summed E-state index contributed by atoms with van der Waals surface area (Å²) in [6.45, 7) is 4.17. The van der Waals surface area contributed by atoms with Crippen LogP contribution in [0.2, 0.25) is 0 Å². The number of ether oxygens (including phenoxy) is 1. The molecule has 0 fully saturated rings. The standard InChI is InChI=1S/C22H24F3N3O/c1-3-27-19-11-16(28-18-5-4-17(21(18)19)22(23,24)25)9-14-8-13-6-7-26-12-15(13)10-20(14)29-2/h4,8,10-11,26H,3,5-7,9,12H2,1-2H3,(H,27,28). The van der Waals surface area contributed by atoms with Crippen molar-refractivity contribution in [2.75, 3.05) is 25.5 Å². The lowest BCUT2D eigenvalue weighted by Gasteiger charge is -2.21. The van der Waals surface area contributed by atoms with Gasteiger partial charge in [-0.3, -0.25) is 4.98 Å². The number of halogens is 3. The fraction of sp³-hybridized carbons (Fsp3) is 0.409. The van der Waals surface area contributed by atoms with Gasteiger partial charge >= 0.3 is 6.18 Å². The minimum Gasteiger partial charge on any atom is -0.496 e. The Bertz CT molecular complexity index is 967. The number of pyridine rings is 1. The topological polar surface area (TPSA) is 46.2 Å². The van der Waals surface area contributed by atoms with Gasteiger partial charge in [0.05, 0.1) is 18.4 Å². The number of anilines is 1. The van der Waals surface area contributed by atoms with Crippen LogP contribution in [0.4, 0.5) is 18.9 Å². The number of methoxy groups -OCH3 is 1. The van der Waals surface area contributed by atoms with Crippen LogP contribution in [0, 0.1) is 0 Å². The van der Waals surface area contributed by atoms with E-state index < -0.39 is 11.7 Å². The molecule has 0 radical (unpaired) electrons. The van der Waals surface area contributed by atoms with Crippen molar-refractivity contribution in [2.24, 2.45) is 0 Å². The van der Waals surface area contributed by atoms with Crippen LogP contribution in [-0.2, 0) is 25.8 Å². The van der Waals surface area contributed by atoms with Crippen LogP contribution in [0.25, 0.3) is 5.57 Å². The first-order chi connectivity index (χ1) is 13.9. The van der Waals surface area contributed by atoms with Crippen molar-refractivity contribution in [1.29, 1.82) is 0 Å². The highest BCUT2D eigenvalue weighted by atomic mass is 19.4. The van der Waals surface area contributed by atoms with Gasteiger partial charge in [-0.15, -0.1) is 0 Å². The molecule has 1 aliphatic heterocycles. The second-order valence-corrected chi connectivity index (χ2v) is 7.37. The zero-order chi connectivity index (χ0) is 20.6. The van der Waals surface area contributed by atoms with Crippen molar-refractivity contribution in [3.63, 3.8) is 0 Å². The summed E-state index contributed by atoms with van der Waals surface area (Å²) in [5, 5.41) is 6.45. The normalized spacial score (nSPS) is 15.6. The first kappa shape index (κ1) is 19.8. The van der Waals surface area contributed by atoms with E-state index in [1.54, 1.807) is 13.2 Å². The van der Waals surface area contributed by atoms with E-state index in [0.717, 1.165) is 36.5 Å². The number of rotatable bonds is 5. The molecule has 0 amide bonds. The molecule has 2 N–H and O–H groups in total. The summed E-state index contributed by atoms with van der Waals surface area (Å²) >= 11 is 0. The van der Waals surface area contributed by atoms with Crippen LogP contribution in [-0.4, -0.2) is 31.4 Å². The molecule has 29 heavy (non-hydrogen) atoms. The predicted octanol–water partition coefficient (Wildman–Crippen LogP) is 4.26. The van der Waals surface area contributed by atoms with Gasteiger partial charge in [-0.1, -0.05) is 12.1 Å². The molecule has 0 bridgehead atoms. The molecule has 2 heterocycles. The zero-order valence-electron chi connectivity index (χ0n) is 16.5. The Labute approximate surface area is 168 Å². The van der Waals surface area contributed by atoms with E-state index in [4.69, 9.17) is 4.74 Å². The lowest BCUT2D eigenvalue weighted by atomic mass is 9.95. The van der Waals surface area contributed by atoms with Crippen LogP contribution in [0.5, 0.6) is 5.75 Å². The molecule has 154 valence electrons. The lowest BCUT2D eigenvalue weighted by molar-refractivity contribution is -0.0687. The SMILES string of the molecule is CCNc1cc(Cc2cc3c(cc2OC)CNCC3)nc2c1C(C(F)(F)F)=CC2. The Hall–Kier alpha value is -2.54. The number of allylic oxidation sites excluding steroid dienone is 2. The van der Waals surface area contributed by atoms with E-state index in [2.05, 4.69) is 27.8 Å². The molecular formula is C22H24F3N3O. The molecule has 1 aliphatic carbocycles. The van der Waals surface area contributed by atoms with Gasteiger partial charge in [-0.25, -0.2) is 0 Å². The molecule has 0 atom stereocenters. The van der Waals surface area contributed by atoms with Gasteiger partial charge in [0.15, 0.2) is 0 Å². The van der Waals surface area contributed by atoms with Crippen molar-refractivity contribution >= 4 is 11.3 Å². The van der Waals surface area contributed by atoms with E-state index in [9.17, 15) is 13.2 Å². The van der Waals surface area contributed by atoms with Gasteiger partial charge in [0.25, 0.3) is 0 Å². The quantitative estimate of drug-likeness (QED) is 0.783. The Morgan fingerprint density at radius 2 is 2.03 bits per heavy atom. The predicted molar refractivity (Wildman–Crippen MR) is 107 cm³/mol. The Balaban J connectivity index is 1.72. The highest BCUT2D eigenvalue weighted by Crippen LogP contribution is 2.43. The van der Waals surface area contributed by atoms with E-state index >= 15 is 0 Å².